The Morgan fingerprint density at radius 3 is 2.77 bits per heavy atom. The molecule has 0 radical (unpaired) electrons. The molecule has 0 unspecified atom stereocenters. The minimum atomic E-state index is 0.570. The molecule has 0 aliphatic carbocycles. The molecule has 5 rings (SSSR count). The van der Waals surface area contributed by atoms with E-state index in [-0.39, 0.29) is 0 Å². The number of hydrogen-bond acceptors (Lipinski definition) is 5. The van der Waals surface area contributed by atoms with Crippen LogP contribution in [0.1, 0.15) is 29.3 Å². The number of nitriles is 1. The Kier molecular flexibility index (Phi) is 4.41. The van der Waals surface area contributed by atoms with Crippen LogP contribution < -0.4 is 0 Å². The van der Waals surface area contributed by atoms with Crippen molar-refractivity contribution in [2.75, 3.05) is 0 Å². The number of hydrogen-bond donors (Lipinski definition) is 0. The van der Waals surface area contributed by atoms with Crippen molar-refractivity contribution in [3.8, 4) is 17.3 Å². The van der Waals surface area contributed by atoms with Crippen molar-refractivity contribution >= 4 is 16.7 Å². The molecule has 0 saturated heterocycles. The normalized spacial score (nSPS) is 11.1. The number of nitrogens with zero attached hydrogens (tertiary/aromatic N) is 6. The summed E-state index contributed by atoms with van der Waals surface area (Å²) in [5.74, 6) is 0.570. The molecule has 0 saturated carbocycles. The van der Waals surface area contributed by atoms with E-state index >= 15 is 0 Å². The molecule has 0 aliphatic heterocycles. The fraction of sp³-hybridized carbons (Fsp3) is 0.125. The van der Waals surface area contributed by atoms with Gasteiger partial charge in [-0.2, -0.15) is 10.4 Å². The van der Waals surface area contributed by atoms with E-state index in [1.165, 1.54) is 0 Å². The molecule has 6 nitrogen and oxygen atoms in total. The van der Waals surface area contributed by atoms with Crippen LogP contribution in [0, 0.1) is 11.3 Å². The van der Waals surface area contributed by atoms with Crippen LogP contribution in [0.15, 0.2) is 67.1 Å². The molecule has 0 aliphatic rings. The van der Waals surface area contributed by atoms with Crippen LogP contribution in [-0.4, -0.2) is 24.6 Å². The number of aromatic nitrogens is 5. The van der Waals surface area contributed by atoms with Crippen LogP contribution in [0.3, 0.4) is 0 Å². The Balaban J connectivity index is 1.53. The zero-order chi connectivity index (χ0) is 20.5. The number of aryl methyl sites for hydroxylation is 1. The Hall–Kier alpha value is -4.11. The lowest BCUT2D eigenvalue weighted by Gasteiger charge is -2.07. The summed E-state index contributed by atoms with van der Waals surface area (Å²) in [6.07, 6.45) is 6.84. The SMILES string of the molecule is CCc1cc(-c2cnc3ncc(Cc4ccc5ncccc5c4)n3n2)ccc1C#N. The van der Waals surface area contributed by atoms with Crippen LogP contribution in [-0.2, 0) is 12.8 Å². The minimum absolute atomic E-state index is 0.570. The minimum Gasteiger partial charge on any atom is -0.256 e. The average Bonchev–Trinajstić information content (AvgIpc) is 3.20. The summed E-state index contributed by atoms with van der Waals surface area (Å²) in [4.78, 5) is 13.3. The Labute approximate surface area is 173 Å². The van der Waals surface area contributed by atoms with Crippen LogP contribution in [0.2, 0.25) is 0 Å². The molecule has 0 amide bonds. The van der Waals surface area contributed by atoms with Gasteiger partial charge in [0.25, 0.3) is 5.78 Å². The van der Waals surface area contributed by atoms with Gasteiger partial charge in [0.05, 0.1) is 35.2 Å². The maximum Gasteiger partial charge on any atom is 0.250 e. The second-order valence-electron chi connectivity index (χ2n) is 7.15. The molecule has 3 heterocycles. The third-order valence-corrected chi connectivity index (χ3v) is 5.26. The van der Waals surface area contributed by atoms with E-state index in [1.54, 1.807) is 16.9 Å². The smallest absolute Gasteiger partial charge is 0.250 e. The van der Waals surface area contributed by atoms with Crippen molar-refractivity contribution in [2.45, 2.75) is 19.8 Å². The number of rotatable bonds is 4. The fourth-order valence-corrected chi connectivity index (χ4v) is 3.67. The lowest BCUT2D eigenvalue weighted by atomic mass is 10.0. The summed E-state index contributed by atoms with van der Waals surface area (Å²) in [5.41, 5.74) is 6.51. The third kappa shape index (κ3) is 3.16. The highest BCUT2D eigenvalue weighted by molar-refractivity contribution is 5.79. The third-order valence-electron chi connectivity index (χ3n) is 5.26. The molecule has 0 N–H and O–H groups in total. The largest absolute Gasteiger partial charge is 0.256 e. The quantitative estimate of drug-likeness (QED) is 0.455. The Bertz CT molecular complexity index is 1430. The summed E-state index contributed by atoms with van der Waals surface area (Å²) in [6, 6.07) is 18.3. The highest BCUT2D eigenvalue weighted by atomic mass is 15.3. The van der Waals surface area contributed by atoms with Crippen LogP contribution in [0.4, 0.5) is 0 Å². The average molecular weight is 390 g/mol. The predicted molar refractivity (Wildman–Crippen MR) is 115 cm³/mol. The predicted octanol–water partition coefficient (Wildman–Crippen LogP) is 4.36. The van der Waals surface area contributed by atoms with Gasteiger partial charge in [0.1, 0.15) is 5.69 Å². The first kappa shape index (κ1) is 18.0. The second kappa shape index (κ2) is 7.37. The van der Waals surface area contributed by atoms with Crippen molar-refractivity contribution in [3.05, 3.63) is 89.5 Å². The van der Waals surface area contributed by atoms with Crippen molar-refractivity contribution in [3.63, 3.8) is 0 Å². The maximum absolute atomic E-state index is 9.27. The molecule has 3 aromatic heterocycles. The lowest BCUT2D eigenvalue weighted by molar-refractivity contribution is 0.854. The van der Waals surface area contributed by atoms with Gasteiger partial charge >= 0.3 is 0 Å². The fourth-order valence-electron chi connectivity index (χ4n) is 3.67. The van der Waals surface area contributed by atoms with E-state index in [0.29, 0.717) is 17.8 Å². The zero-order valence-electron chi connectivity index (χ0n) is 16.4. The van der Waals surface area contributed by atoms with Gasteiger partial charge in [-0.15, -0.1) is 0 Å². The van der Waals surface area contributed by atoms with E-state index in [0.717, 1.165) is 45.4 Å². The molecular formula is C24H18N6. The topological polar surface area (TPSA) is 79.8 Å². The second-order valence-corrected chi connectivity index (χ2v) is 7.15. The molecular weight excluding hydrogens is 372 g/mol. The molecule has 5 aromatic rings. The van der Waals surface area contributed by atoms with E-state index in [9.17, 15) is 5.26 Å². The van der Waals surface area contributed by atoms with Gasteiger partial charge in [0.2, 0.25) is 0 Å². The molecule has 0 spiro atoms. The van der Waals surface area contributed by atoms with E-state index < -0.39 is 0 Å². The molecule has 144 valence electrons. The van der Waals surface area contributed by atoms with E-state index in [2.05, 4.69) is 39.2 Å². The Morgan fingerprint density at radius 1 is 1.00 bits per heavy atom. The first-order valence-corrected chi connectivity index (χ1v) is 9.82. The van der Waals surface area contributed by atoms with Crippen molar-refractivity contribution < 1.29 is 0 Å². The number of fused-ring (bicyclic) bond motifs is 2. The van der Waals surface area contributed by atoms with E-state index in [4.69, 9.17) is 5.10 Å². The summed E-state index contributed by atoms with van der Waals surface area (Å²) >= 11 is 0. The Morgan fingerprint density at radius 2 is 1.90 bits per heavy atom. The molecule has 0 fully saturated rings. The van der Waals surface area contributed by atoms with Gasteiger partial charge in [-0.3, -0.25) is 4.98 Å². The summed E-state index contributed by atoms with van der Waals surface area (Å²) in [6.45, 7) is 2.04. The van der Waals surface area contributed by atoms with Crippen LogP contribution in [0.5, 0.6) is 0 Å². The maximum atomic E-state index is 9.27. The summed E-state index contributed by atoms with van der Waals surface area (Å²) < 4.78 is 1.80. The van der Waals surface area contributed by atoms with Crippen molar-refractivity contribution in [1.82, 2.24) is 24.6 Å². The lowest BCUT2D eigenvalue weighted by Crippen LogP contribution is -2.02. The van der Waals surface area contributed by atoms with Crippen molar-refractivity contribution in [1.29, 1.82) is 5.26 Å². The highest BCUT2D eigenvalue weighted by Crippen LogP contribution is 2.22. The number of benzene rings is 2. The number of imidazole rings is 1. The van der Waals surface area contributed by atoms with E-state index in [1.807, 2.05) is 43.5 Å². The number of pyridine rings is 1. The van der Waals surface area contributed by atoms with Crippen molar-refractivity contribution in [2.24, 2.45) is 0 Å². The molecule has 0 atom stereocenters. The summed E-state index contributed by atoms with van der Waals surface area (Å²) in [7, 11) is 0. The van der Waals surface area contributed by atoms with Crippen LogP contribution >= 0.6 is 0 Å². The standard InChI is InChI=1S/C24H18N6/c1-2-17-12-19(6-7-20(17)13-25)23-15-28-24-27-14-21(30(24)29-23)11-16-5-8-22-18(10-16)4-3-9-26-22/h3-10,12,14-15H,2,11H2,1H3. The molecule has 30 heavy (non-hydrogen) atoms. The van der Waals surface area contributed by atoms with Gasteiger partial charge in [-0.25, -0.2) is 14.5 Å². The highest BCUT2D eigenvalue weighted by Gasteiger charge is 2.11. The van der Waals surface area contributed by atoms with Crippen LogP contribution in [0.25, 0.3) is 27.9 Å². The van der Waals surface area contributed by atoms with Gasteiger partial charge in [-0.1, -0.05) is 25.1 Å². The zero-order valence-corrected chi connectivity index (χ0v) is 16.4. The molecule has 6 heteroatoms. The monoisotopic (exact) mass is 390 g/mol. The summed E-state index contributed by atoms with van der Waals surface area (Å²) in [5, 5.41) is 15.2. The van der Waals surface area contributed by atoms with Gasteiger partial charge in [0.15, 0.2) is 0 Å². The molecule has 2 aromatic carbocycles. The first-order chi connectivity index (χ1) is 14.7. The van der Waals surface area contributed by atoms with Gasteiger partial charge in [0, 0.05) is 23.6 Å². The molecule has 0 bridgehead atoms. The van der Waals surface area contributed by atoms with Gasteiger partial charge in [-0.05, 0) is 47.9 Å². The van der Waals surface area contributed by atoms with Gasteiger partial charge < -0.3 is 0 Å². The first-order valence-electron chi connectivity index (χ1n) is 9.82.